The summed E-state index contributed by atoms with van der Waals surface area (Å²) in [6.45, 7) is 2.23. The average Bonchev–Trinajstić information content (AvgIpc) is 2.71. The molecule has 0 bridgehead atoms. The van der Waals surface area contributed by atoms with Gasteiger partial charge in [0.15, 0.2) is 0 Å². The highest BCUT2D eigenvalue weighted by molar-refractivity contribution is 6.00. The third kappa shape index (κ3) is 3.57. The molecule has 1 spiro atoms. The van der Waals surface area contributed by atoms with Gasteiger partial charge < -0.3 is 16.2 Å². The molecule has 2 aromatic carbocycles. The maximum absolute atomic E-state index is 7.55. The Morgan fingerprint density at radius 1 is 1.15 bits per heavy atom. The monoisotopic (exact) mass is 363 g/mol. The average molecular weight is 363 g/mol. The number of nitrogens with one attached hydrogen (secondary N) is 4. The summed E-state index contributed by atoms with van der Waals surface area (Å²) in [7, 11) is 0. The van der Waals surface area contributed by atoms with Crippen LogP contribution in [-0.2, 0) is 6.54 Å². The van der Waals surface area contributed by atoms with Gasteiger partial charge in [-0.3, -0.25) is 5.84 Å². The molecule has 1 saturated heterocycles. The smallest absolute Gasteiger partial charge is 0.142 e. The Balaban J connectivity index is 1.54. The van der Waals surface area contributed by atoms with Crippen molar-refractivity contribution in [1.29, 1.82) is 5.41 Å². The van der Waals surface area contributed by atoms with E-state index in [0.717, 1.165) is 54.3 Å². The number of rotatable bonds is 4. The Hall–Kier alpha value is -2.74. The van der Waals surface area contributed by atoms with Crippen molar-refractivity contribution in [2.24, 2.45) is 10.8 Å². The topological polar surface area (TPSA) is 102 Å². The summed E-state index contributed by atoms with van der Waals surface area (Å²) in [6.07, 6.45) is 3.14. The molecule has 1 fully saturated rings. The van der Waals surface area contributed by atoms with Crippen LogP contribution in [0.3, 0.4) is 0 Å². The van der Waals surface area contributed by atoms with E-state index in [9.17, 15) is 0 Å². The van der Waals surface area contributed by atoms with E-state index in [1.54, 1.807) is 0 Å². The maximum Gasteiger partial charge on any atom is 0.142 e. The Labute approximate surface area is 159 Å². The highest BCUT2D eigenvalue weighted by Crippen LogP contribution is 2.37. The summed E-state index contributed by atoms with van der Waals surface area (Å²) in [4.78, 5) is 4.90. The summed E-state index contributed by atoms with van der Waals surface area (Å²) < 4.78 is 0. The number of para-hydroxylation sites is 2. The molecule has 0 aromatic heterocycles. The molecule has 0 saturated carbocycles. The van der Waals surface area contributed by atoms with Crippen LogP contribution in [0.25, 0.3) is 0 Å². The van der Waals surface area contributed by atoms with Crippen molar-refractivity contribution in [3.63, 3.8) is 0 Å². The first-order valence-electron chi connectivity index (χ1n) is 9.23. The minimum Gasteiger partial charge on any atom is -0.371 e. The van der Waals surface area contributed by atoms with Gasteiger partial charge in [0.1, 0.15) is 5.84 Å². The minimum absolute atomic E-state index is 0.252. The summed E-state index contributed by atoms with van der Waals surface area (Å²) in [5.74, 6) is 6.87. The van der Waals surface area contributed by atoms with Gasteiger partial charge in [-0.15, -0.1) is 0 Å². The van der Waals surface area contributed by atoms with Gasteiger partial charge in [-0.2, -0.15) is 0 Å². The van der Waals surface area contributed by atoms with Crippen molar-refractivity contribution in [2.45, 2.75) is 24.9 Å². The minimum atomic E-state index is -0.252. The first kappa shape index (κ1) is 17.7. The number of fused-ring (bicyclic) bond motifs is 1. The Morgan fingerprint density at radius 3 is 2.70 bits per heavy atom. The van der Waals surface area contributed by atoms with Gasteiger partial charge in [0.05, 0.1) is 16.9 Å². The number of nitrogens with zero attached hydrogens (tertiary/aromatic N) is 2. The van der Waals surface area contributed by atoms with Crippen LogP contribution in [0, 0.1) is 5.41 Å². The number of benzene rings is 2. The third-order valence-electron chi connectivity index (χ3n) is 5.31. The first-order valence-corrected chi connectivity index (χ1v) is 9.23. The summed E-state index contributed by atoms with van der Waals surface area (Å²) in [5.41, 5.74) is 10.3. The van der Waals surface area contributed by atoms with Crippen LogP contribution >= 0.6 is 0 Å². The second kappa shape index (κ2) is 7.48. The molecule has 2 aromatic rings. The van der Waals surface area contributed by atoms with Crippen molar-refractivity contribution in [2.75, 3.05) is 18.4 Å². The molecule has 2 heterocycles. The van der Waals surface area contributed by atoms with Gasteiger partial charge in [-0.1, -0.05) is 36.4 Å². The molecule has 7 nitrogen and oxygen atoms in total. The van der Waals surface area contributed by atoms with Gasteiger partial charge in [-0.05, 0) is 36.1 Å². The van der Waals surface area contributed by atoms with Gasteiger partial charge in [0.25, 0.3) is 0 Å². The zero-order valence-electron chi connectivity index (χ0n) is 15.2. The van der Waals surface area contributed by atoms with Crippen LogP contribution in [0.15, 0.2) is 53.5 Å². The second-order valence-electron chi connectivity index (χ2n) is 7.04. The van der Waals surface area contributed by atoms with Crippen molar-refractivity contribution < 1.29 is 0 Å². The van der Waals surface area contributed by atoms with Gasteiger partial charge in [-0.25, -0.2) is 15.4 Å². The van der Waals surface area contributed by atoms with E-state index < -0.39 is 0 Å². The number of anilines is 1. The van der Waals surface area contributed by atoms with Crippen molar-refractivity contribution in [3.8, 4) is 0 Å². The fraction of sp³-hybridized carbons (Fsp3) is 0.300. The predicted molar refractivity (Wildman–Crippen MR) is 109 cm³/mol. The fourth-order valence-electron chi connectivity index (χ4n) is 3.70. The highest BCUT2D eigenvalue weighted by Gasteiger charge is 2.41. The molecule has 0 radical (unpaired) electrons. The molecule has 2 aliphatic rings. The van der Waals surface area contributed by atoms with E-state index in [1.807, 2.05) is 47.5 Å². The molecule has 27 heavy (non-hydrogen) atoms. The maximum atomic E-state index is 7.55. The molecule has 0 unspecified atom stereocenters. The lowest BCUT2D eigenvalue weighted by atomic mass is 9.85. The molecular formula is C20H25N7. The fourth-order valence-corrected chi connectivity index (χ4v) is 3.70. The summed E-state index contributed by atoms with van der Waals surface area (Å²) in [6, 6.07) is 16.0. The van der Waals surface area contributed by atoms with Crippen LogP contribution in [0.1, 0.15) is 24.0 Å². The molecule has 0 aliphatic carbocycles. The van der Waals surface area contributed by atoms with Gasteiger partial charge in [0, 0.05) is 25.8 Å². The highest BCUT2D eigenvalue weighted by atomic mass is 15.4. The van der Waals surface area contributed by atoms with E-state index in [-0.39, 0.29) is 5.54 Å². The number of hydrazine groups is 2. The Morgan fingerprint density at radius 2 is 1.89 bits per heavy atom. The zero-order valence-corrected chi connectivity index (χ0v) is 15.2. The quantitative estimate of drug-likeness (QED) is 0.325. The molecular weight excluding hydrogens is 338 g/mol. The van der Waals surface area contributed by atoms with Crippen LogP contribution < -0.4 is 22.0 Å². The van der Waals surface area contributed by atoms with E-state index >= 15 is 0 Å². The molecule has 4 rings (SSSR count). The number of hydrogen-bond donors (Lipinski definition) is 5. The molecule has 2 aliphatic heterocycles. The number of piperidine rings is 1. The predicted octanol–water partition coefficient (Wildman–Crippen LogP) is 2.14. The molecule has 0 amide bonds. The van der Waals surface area contributed by atoms with Crippen LogP contribution in [0.2, 0.25) is 0 Å². The van der Waals surface area contributed by atoms with Gasteiger partial charge >= 0.3 is 0 Å². The normalized spacial score (nSPS) is 18.3. The Bertz CT molecular complexity index is 853. The number of amidine groups is 1. The van der Waals surface area contributed by atoms with E-state index in [1.165, 1.54) is 6.21 Å². The number of nitrogens with two attached hydrogens (primary N) is 1. The van der Waals surface area contributed by atoms with E-state index in [2.05, 4.69) is 22.2 Å². The van der Waals surface area contributed by atoms with Crippen molar-refractivity contribution in [1.82, 2.24) is 15.9 Å². The van der Waals surface area contributed by atoms with E-state index in [0.29, 0.717) is 6.54 Å². The lowest BCUT2D eigenvalue weighted by molar-refractivity contribution is 0.203. The number of aliphatic imine (C=N–C) groups is 1. The first-order chi connectivity index (χ1) is 13.2. The van der Waals surface area contributed by atoms with Crippen molar-refractivity contribution >= 4 is 23.4 Å². The molecule has 7 heteroatoms. The van der Waals surface area contributed by atoms with Crippen molar-refractivity contribution in [3.05, 3.63) is 59.7 Å². The standard InChI is InChI=1S/C20H25N7/c21-13-15-5-1-2-6-16(15)14-23-26-19-20(9-11-27(22)12-10-20)25-18-8-4-3-7-17(18)24-19/h1-8,13,21,23,25H,9-12,14,22H2,(H,24,26). The zero-order chi connectivity index (χ0) is 18.7. The van der Waals surface area contributed by atoms with Crippen LogP contribution in [0.5, 0.6) is 0 Å². The van der Waals surface area contributed by atoms with Gasteiger partial charge in [0.2, 0.25) is 0 Å². The molecule has 6 N–H and O–H groups in total. The summed E-state index contributed by atoms with van der Waals surface area (Å²) >= 11 is 0. The summed E-state index contributed by atoms with van der Waals surface area (Å²) in [5, 5.41) is 13.1. The largest absolute Gasteiger partial charge is 0.371 e. The lowest BCUT2D eigenvalue weighted by Crippen LogP contribution is -2.62. The molecule has 0 atom stereocenters. The SMILES string of the molecule is N=Cc1ccccc1CNNC1=Nc2ccccc2NC12CCN(N)CC2. The van der Waals surface area contributed by atoms with E-state index in [4.69, 9.17) is 16.2 Å². The van der Waals surface area contributed by atoms with Crippen LogP contribution in [-0.4, -0.2) is 35.7 Å². The third-order valence-corrected chi connectivity index (χ3v) is 5.31. The Kier molecular flexibility index (Phi) is 4.89. The molecule has 140 valence electrons. The second-order valence-corrected chi connectivity index (χ2v) is 7.04. The lowest BCUT2D eigenvalue weighted by Gasteiger charge is -2.44. The number of hydrogen-bond acceptors (Lipinski definition) is 7. The van der Waals surface area contributed by atoms with Crippen LogP contribution in [0.4, 0.5) is 11.4 Å².